The molecule has 0 radical (unpaired) electrons. The van der Waals surface area contributed by atoms with Gasteiger partial charge in [-0.25, -0.2) is 0 Å². The summed E-state index contributed by atoms with van der Waals surface area (Å²) in [5.74, 6) is 0.605. The first-order valence-corrected chi connectivity index (χ1v) is 5.08. The number of rotatable bonds is 2. The maximum absolute atomic E-state index is 9.92. The van der Waals surface area contributed by atoms with Gasteiger partial charge in [0.1, 0.15) is 5.75 Å². The maximum Gasteiger partial charge on any atom is 0.121 e. The normalized spacial score (nSPS) is 18.0. The summed E-state index contributed by atoms with van der Waals surface area (Å²) < 4.78 is 5.01. The van der Waals surface area contributed by atoms with Gasteiger partial charge in [-0.05, 0) is 25.0 Å². The van der Waals surface area contributed by atoms with E-state index in [1.165, 1.54) is 0 Å². The highest BCUT2D eigenvalue weighted by atomic mass is 35.5. The van der Waals surface area contributed by atoms with Gasteiger partial charge in [-0.1, -0.05) is 23.2 Å². The van der Waals surface area contributed by atoms with Crippen molar-refractivity contribution in [2.75, 3.05) is 7.11 Å². The lowest BCUT2D eigenvalue weighted by Gasteiger charge is -2.13. The number of aliphatic hydroxyl groups is 1. The molecule has 1 saturated carbocycles. The lowest BCUT2D eigenvalue weighted by atomic mass is 10.1. The van der Waals surface area contributed by atoms with Gasteiger partial charge in [0.15, 0.2) is 0 Å². The van der Waals surface area contributed by atoms with Gasteiger partial charge in [-0.2, -0.15) is 0 Å². The molecule has 4 heteroatoms. The molecule has 1 aromatic carbocycles. The molecule has 2 rings (SSSR count). The molecule has 0 unspecified atom stereocenters. The van der Waals surface area contributed by atoms with E-state index in [0.717, 1.165) is 12.8 Å². The molecule has 0 amide bonds. The fourth-order valence-electron chi connectivity index (χ4n) is 1.48. The van der Waals surface area contributed by atoms with Gasteiger partial charge < -0.3 is 9.84 Å². The summed E-state index contributed by atoms with van der Waals surface area (Å²) in [5.41, 5.74) is -0.179. The summed E-state index contributed by atoms with van der Waals surface area (Å²) in [6, 6.07) is 3.33. The third-order valence-corrected chi connectivity index (χ3v) is 3.04. The molecule has 0 aliphatic heterocycles. The Bertz CT molecular complexity index is 349. The number of halogens is 2. The molecule has 2 nitrogen and oxygen atoms in total. The number of hydrogen-bond acceptors (Lipinski definition) is 2. The molecule has 0 atom stereocenters. The van der Waals surface area contributed by atoms with E-state index < -0.39 is 5.60 Å². The SMILES string of the molecule is COc1cc(Cl)c(C2(O)CC2)c(Cl)c1. The first kappa shape index (κ1) is 10.1. The summed E-state index contributed by atoms with van der Waals surface area (Å²) in [4.78, 5) is 0. The second-order valence-corrected chi connectivity index (χ2v) is 4.31. The first-order chi connectivity index (χ1) is 6.57. The molecule has 14 heavy (non-hydrogen) atoms. The summed E-state index contributed by atoms with van der Waals surface area (Å²) >= 11 is 12.0. The molecular weight excluding hydrogens is 223 g/mol. The molecule has 76 valence electrons. The number of hydrogen-bond donors (Lipinski definition) is 1. The molecule has 0 aromatic heterocycles. The largest absolute Gasteiger partial charge is 0.497 e. The second kappa shape index (κ2) is 3.30. The van der Waals surface area contributed by atoms with Crippen LogP contribution in [-0.2, 0) is 5.60 Å². The Labute approximate surface area is 92.4 Å². The lowest BCUT2D eigenvalue weighted by Crippen LogP contribution is -2.06. The van der Waals surface area contributed by atoms with Gasteiger partial charge in [0, 0.05) is 5.56 Å². The zero-order valence-electron chi connectivity index (χ0n) is 7.68. The molecule has 1 N–H and O–H groups in total. The quantitative estimate of drug-likeness (QED) is 0.850. The highest BCUT2D eigenvalue weighted by Gasteiger charge is 2.45. The van der Waals surface area contributed by atoms with Crippen LogP contribution in [0.15, 0.2) is 12.1 Å². The summed E-state index contributed by atoms with van der Waals surface area (Å²) in [6.45, 7) is 0. The van der Waals surface area contributed by atoms with Crippen molar-refractivity contribution in [2.24, 2.45) is 0 Å². The first-order valence-electron chi connectivity index (χ1n) is 4.33. The van der Waals surface area contributed by atoms with Gasteiger partial charge in [-0.15, -0.1) is 0 Å². The predicted molar refractivity (Wildman–Crippen MR) is 56.1 cm³/mol. The van der Waals surface area contributed by atoms with Crippen LogP contribution in [0.5, 0.6) is 5.75 Å². The van der Waals surface area contributed by atoms with E-state index in [2.05, 4.69) is 0 Å². The molecule has 1 fully saturated rings. The van der Waals surface area contributed by atoms with Crippen LogP contribution in [-0.4, -0.2) is 12.2 Å². The van der Waals surface area contributed by atoms with Crippen molar-refractivity contribution in [3.05, 3.63) is 27.7 Å². The number of ether oxygens (including phenoxy) is 1. The molecule has 0 spiro atoms. The van der Waals surface area contributed by atoms with Gasteiger partial charge in [0.25, 0.3) is 0 Å². The Hall–Kier alpha value is -0.440. The third kappa shape index (κ3) is 1.58. The lowest BCUT2D eigenvalue weighted by molar-refractivity contribution is 0.151. The van der Waals surface area contributed by atoms with Gasteiger partial charge >= 0.3 is 0 Å². The van der Waals surface area contributed by atoms with E-state index in [4.69, 9.17) is 27.9 Å². The molecule has 0 heterocycles. The van der Waals surface area contributed by atoms with Crippen LogP contribution < -0.4 is 4.74 Å². The van der Waals surface area contributed by atoms with Crippen molar-refractivity contribution in [2.45, 2.75) is 18.4 Å². The summed E-state index contributed by atoms with van der Waals surface area (Å²) in [6.07, 6.45) is 1.44. The average molecular weight is 233 g/mol. The fraction of sp³-hybridized carbons (Fsp3) is 0.400. The van der Waals surface area contributed by atoms with Crippen LogP contribution in [0, 0.1) is 0 Å². The Morgan fingerprint density at radius 2 is 1.79 bits per heavy atom. The number of methoxy groups -OCH3 is 1. The van der Waals surface area contributed by atoms with Crippen LogP contribution in [0.25, 0.3) is 0 Å². The molecule has 1 aromatic rings. The standard InChI is InChI=1S/C10H10Cl2O2/c1-14-6-4-7(11)9(8(12)5-6)10(13)2-3-10/h4-5,13H,2-3H2,1H3. The van der Waals surface area contributed by atoms with Gasteiger partial charge in [0.05, 0.1) is 22.8 Å². The van der Waals surface area contributed by atoms with Crippen molar-refractivity contribution in [3.63, 3.8) is 0 Å². The molecule has 1 aliphatic rings. The second-order valence-electron chi connectivity index (χ2n) is 3.50. The van der Waals surface area contributed by atoms with E-state index in [-0.39, 0.29) is 0 Å². The Morgan fingerprint density at radius 1 is 1.29 bits per heavy atom. The van der Waals surface area contributed by atoms with Crippen molar-refractivity contribution in [3.8, 4) is 5.75 Å². The van der Waals surface area contributed by atoms with E-state index in [9.17, 15) is 5.11 Å². The minimum Gasteiger partial charge on any atom is -0.497 e. The molecule has 0 saturated heterocycles. The smallest absolute Gasteiger partial charge is 0.121 e. The zero-order valence-corrected chi connectivity index (χ0v) is 9.19. The van der Waals surface area contributed by atoms with E-state index in [1.54, 1.807) is 19.2 Å². The van der Waals surface area contributed by atoms with Crippen molar-refractivity contribution in [1.29, 1.82) is 0 Å². The van der Waals surface area contributed by atoms with Crippen LogP contribution >= 0.6 is 23.2 Å². The molecule has 1 aliphatic carbocycles. The minimum atomic E-state index is -0.805. The fourth-order valence-corrected chi connectivity index (χ4v) is 2.30. The molecule has 0 bridgehead atoms. The minimum absolute atomic E-state index is 0.467. The zero-order chi connectivity index (χ0) is 10.3. The van der Waals surface area contributed by atoms with E-state index in [0.29, 0.717) is 21.4 Å². The summed E-state index contributed by atoms with van der Waals surface area (Å²) in [7, 11) is 1.55. The van der Waals surface area contributed by atoms with Crippen LogP contribution in [0.3, 0.4) is 0 Å². The van der Waals surface area contributed by atoms with Crippen LogP contribution in [0.2, 0.25) is 10.0 Å². The maximum atomic E-state index is 9.92. The Kier molecular flexibility index (Phi) is 2.38. The van der Waals surface area contributed by atoms with Crippen molar-refractivity contribution in [1.82, 2.24) is 0 Å². The monoisotopic (exact) mass is 232 g/mol. The predicted octanol–water partition coefficient (Wildman–Crippen LogP) is 2.98. The van der Waals surface area contributed by atoms with Crippen LogP contribution in [0.1, 0.15) is 18.4 Å². The van der Waals surface area contributed by atoms with E-state index >= 15 is 0 Å². The van der Waals surface area contributed by atoms with E-state index in [1.807, 2.05) is 0 Å². The van der Waals surface area contributed by atoms with Crippen molar-refractivity contribution >= 4 is 23.2 Å². The highest BCUT2D eigenvalue weighted by Crippen LogP contribution is 2.51. The number of benzene rings is 1. The third-order valence-electron chi connectivity index (χ3n) is 2.44. The van der Waals surface area contributed by atoms with Crippen molar-refractivity contribution < 1.29 is 9.84 Å². The Morgan fingerprint density at radius 3 is 2.14 bits per heavy atom. The van der Waals surface area contributed by atoms with Gasteiger partial charge in [-0.3, -0.25) is 0 Å². The topological polar surface area (TPSA) is 29.5 Å². The Balaban J connectivity index is 2.50. The molecular formula is C10H10Cl2O2. The highest BCUT2D eigenvalue weighted by molar-refractivity contribution is 6.36. The van der Waals surface area contributed by atoms with Crippen LogP contribution in [0.4, 0.5) is 0 Å². The average Bonchev–Trinajstić information content (AvgIpc) is 2.82. The van der Waals surface area contributed by atoms with Gasteiger partial charge in [0.2, 0.25) is 0 Å². The summed E-state index contributed by atoms with van der Waals surface area (Å²) in [5, 5.41) is 10.8.